The second-order valence-corrected chi connectivity index (χ2v) is 18.5. The Morgan fingerprint density at radius 2 is 1.14 bits per heavy atom. The maximum atomic E-state index is 2.64. The number of rotatable bonds is 9. The van der Waals surface area contributed by atoms with Gasteiger partial charge in [-0.3, -0.25) is 0 Å². The van der Waals surface area contributed by atoms with Gasteiger partial charge in [-0.25, -0.2) is 0 Å². The number of aromatic nitrogens is 1. The highest BCUT2D eigenvalue weighted by Gasteiger charge is 2.44. The van der Waals surface area contributed by atoms with Crippen LogP contribution in [0.2, 0.25) is 0 Å². The predicted molar refractivity (Wildman–Crippen MR) is 272 cm³/mol. The average Bonchev–Trinajstić information content (AvgIpc) is 3.98. The van der Waals surface area contributed by atoms with E-state index in [0.29, 0.717) is 5.92 Å². The Bertz CT molecular complexity index is 3440. The first-order valence-electron chi connectivity index (χ1n) is 23.3. The largest absolute Gasteiger partial charge is 0.340 e. The van der Waals surface area contributed by atoms with Gasteiger partial charge in [0.1, 0.15) is 0 Å². The van der Waals surface area contributed by atoms with E-state index in [9.17, 15) is 0 Å². The summed E-state index contributed by atoms with van der Waals surface area (Å²) in [5, 5.41) is 5.18. The fourth-order valence-electron chi connectivity index (χ4n) is 11.8. The van der Waals surface area contributed by atoms with E-state index >= 15 is 0 Å². The third kappa shape index (κ3) is 5.71. The van der Waals surface area contributed by atoms with Crippen LogP contribution < -0.4 is 4.90 Å². The summed E-state index contributed by atoms with van der Waals surface area (Å²) in [6.07, 6.45) is 2.88. The summed E-state index contributed by atoms with van der Waals surface area (Å²) >= 11 is 0. The SMILES string of the molecule is CCC1(CC)c2cc(N(c3ccc4c5ccccc5n(CC(C)C)c4c3)c3cccc4c3Cc3ccccc3-4)c3ccccc3c2-c2cc(-c3ccccc3)cc(-c3ccccc3)c21. The lowest BCUT2D eigenvalue weighted by molar-refractivity contribution is 0.492. The summed E-state index contributed by atoms with van der Waals surface area (Å²) in [4.78, 5) is 2.64. The van der Waals surface area contributed by atoms with E-state index in [1.54, 1.807) is 0 Å². The fourth-order valence-corrected chi connectivity index (χ4v) is 11.8. The van der Waals surface area contributed by atoms with Gasteiger partial charge in [0.05, 0.1) is 16.9 Å². The fraction of sp³-hybridized carbons (Fsp3) is 0.161. The van der Waals surface area contributed by atoms with Crippen LogP contribution in [-0.4, -0.2) is 4.57 Å². The minimum atomic E-state index is -0.210. The Morgan fingerprint density at radius 3 is 1.91 bits per heavy atom. The van der Waals surface area contributed by atoms with Crippen molar-refractivity contribution in [3.05, 3.63) is 210 Å². The molecule has 0 N–H and O–H groups in total. The van der Waals surface area contributed by atoms with Crippen LogP contribution in [0.5, 0.6) is 0 Å². The smallest absolute Gasteiger partial charge is 0.0543 e. The van der Waals surface area contributed by atoms with E-state index in [4.69, 9.17) is 0 Å². The van der Waals surface area contributed by atoms with Crippen molar-refractivity contribution in [3.8, 4) is 44.5 Å². The molecular weight excluding hydrogens is 773 g/mol. The van der Waals surface area contributed by atoms with Gasteiger partial charge in [-0.15, -0.1) is 0 Å². The summed E-state index contributed by atoms with van der Waals surface area (Å²) in [6, 6.07) is 71.2. The number of nitrogens with zero attached hydrogens (tertiary/aromatic N) is 2. The Hall–Kier alpha value is -7.16. The predicted octanol–water partition coefficient (Wildman–Crippen LogP) is 17.1. The van der Waals surface area contributed by atoms with Crippen molar-refractivity contribution in [1.82, 2.24) is 4.57 Å². The molecule has 2 nitrogen and oxygen atoms in total. The average molecular weight is 825 g/mol. The molecule has 0 aliphatic heterocycles. The minimum absolute atomic E-state index is 0.210. The monoisotopic (exact) mass is 824 g/mol. The third-order valence-corrected chi connectivity index (χ3v) is 14.7. The Kier molecular flexibility index (Phi) is 9.02. The lowest BCUT2D eigenvalue weighted by atomic mass is 9.71. The second-order valence-electron chi connectivity index (χ2n) is 18.5. The first-order chi connectivity index (χ1) is 31.5. The van der Waals surface area contributed by atoms with Crippen molar-refractivity contribution in [3.63, 3.8) is 0 Å². The molecule has 310 valence electrons. The van der Waals surface area contributed by atoms with E-state index < -0.39 is 0 Å². The number of anilines is 3. The van der Waals surface area contributed by atoms with Gasteiger partial charge in [0, 0.05) is 45.7 Å². The van der Waals surface area contributed by atoms with Crippen LogP contribution in [0.1, 0.15) is 62.8 Å². The molecule has 0 spiro atoms. The zero-order valence-electron chi connectivity index (χ0n) is 37.2. The molecule has 1 heterocycles. The number of hydrogen-bond donors (Lipinski definition) is 0. The lowest BCUT2D eigenvalue weighted by Crippen LogP contribution is -2.24. The van der Waals surface area contributed by atoms with Gasteiger partial charge in [-0.05, 0) is 133 Å². The standard InChI is InChI=1S/C62H52N2/c1-5-62(6-2)55-38-59(49-27-15-16-28-51(49)60(55)54-36-44(41-20-9-7-10-21-41)35-52(61(54)62)42-22-11-8-12-23-42)64(57-31-19-29-47-46-25-14-13-24-43(46)34-53(47)57)45-32-33-50-48-26-17-18-30-56(48)63(39-40(3)4)58(50)37-45/h7-33,35-38,40H,5-6,34,39H2,1-4H3. The number of hydrogen-bond acceptors (Lipinski definition) is 1. The molecule has 9 aromatic carbocycles. The molecule has 10 aromatic rings. The van der Waals surface area contributed by atoms with Crippen LogP contribution >= 0.6 is 0 Å². The van der Waals surface area contributed by atoms with Crippen molar-refractivity contribution in [2.45, 2.75) is 58.9 Å². The summed E-state index contributed by atoms with van der Waals surface area (Å²) < 4.78 is 2.56. The Labute approximate surface area is 377 Å². The van der Waals surface area contributed by atoms with Crippen LogP contribution in [0.15, 0.2) is 188 Å². The molecule has 0 saturated heterocycles. The molecule has 0 atom stereocenters. The Balaban J connectivity index is 1.18. The van der Waals surface area contributed by atoms with Crippen LogP contribution in [0.3, 0.4) is 0 Å². The van der Waals surface area contributed by atoms with Gasteiger partial charge in [-0.1, -0.05) is 173 Å². The van der Waals surface area contributed by atoms with Gasteiger partial charge in [0.25, 0.3) is 0 Å². The van der Waals surface area contributed by atoms with Crippen LogP contribution in [-0.2, 0) is 18.4 Å². The van der Waals surface area contributed by atoms with Crippen molar-refractivity contribution in [1.29, 1.82) is 0 Å². The van der Waals surface area contributed by atoms with Gasteiger partial charge in [-0.2, -0.15) is 0 Å². The molecule has 2 aliphatic carbocycles. The molecule has 64 heavy (non-hydrogen) atoms. The summed E-state index contributed by atoms with van der Waals surface area (Å²) in [7, 11) is 0. The number of para-hydroxylation sites is 1. The van der Waals surface area contributed by atoms with Crippen molar-refractivity contribution < 1.29 is 0 Å². The molecule has 12 rings (SSSR count). The van der Waals surface area contributed by atoms with Crippen LogP contribution in [0.4, 0.5) is 17.1 Å². The highest BCUT2D eigenvalue weighted by molar-refractivity contribution is 6.13. The zero-order valence-corrected chi connectivity index (χ0v) is 37.2. The molecule has 0 unspecified atom stereocenters. The molecule has 0 bridgehead atoms. The normalized spacial score (nSPS) is 13.4. The van der Waals surface area contributed by atoms with Gasteiger partial charge in [0.2, 0.25) is 0 Å². The lowest BCUT2D eigenvalue weighted by Gasteiger charge is -2.34. The summed E-state index contributed by atoms with van der Waals surface area (Å²) in [5.74, 6) is 0.497. The maximum absolute atomic E-state index is 2.64. The topological polar surface area (TPSA) is 8.17 Å². The van der Waals surface area contributed by atoms with E-state index in [0.717, 1.165) is 25.8 Å². The van der Waals surface area contributed by atoms with E-state index in [-0.39, 0.29) is 5.41 Å². The maximum Gasteiger partial charge on any atom is 0.0543 e. The summed E-state index contributed by atoms with van der Waals surface area (Å²) in [5.41, 5.74) is 22.2. The molecule has 0 saturated carbocycles. The van der Waals surface area contributed by atoms with Crippen LogP contribution in [0, 0.1) is 5.92 Å². The minimum Gasteiger partial charge on any atom is -0.340 e. The molecular formula is C62H52N2. The van der Waals surface area contributed by atoms with E-state index in [1.165, 1.54) is 116 Å². The quantitative estimate of drug-likeness (QED) is 0.141. The highest BCUT2D eigenvalue weighted by atomic mass is 15.1. The molecule has 1 aromatic heterocycles. The first-order valence-corrected chi connectivity index (χ1v) is 23.3. The van der Waals surface area contributed by atoms with Crippen LogP contribution in [0.25, 0.3) is 77.1 Å². The van der Waals surface area contributed by atoms with E-state index in [1.807, 2.05) is 0 Å². The van der Waals surface area contributed by atoms with Gasteiger partial charge < -0.3 is 9.47 Å². The van der Waals surface area contributed by atoms with Gasteiger partial charge in [0.15, 0.2) is 0 Å². The molecule has 0 radical (unpaired) electrons. The zero-order chi connectivity index (χ0) is 43.1. The van der Waals surface area contributed by atoms with Crippen molar-refractivity contribution in [2.24, 2.45) is 5.92 Å². The third-order valence-electron chi connectivity index (χ3n) is 14.7. The molecule has 0 amide bonds. The number of benzene rings is 9. The molecule has 0 fully saturated rings. The second kappa shape index (κ2) is 15.0. The van der Waals surface area contributed by atoms with Crippen molar-refractivity contribution >= 4 is 49.6 Å². The first kappa shape index (κ1) is 38.5. The summed E-state index contributed by atoms with van der Waals surface area (Å²) in [6.45, 7) is 10.4. The van der Waals surface area contributed by atoms with Crippen molar-refractivity contribution in [2.75, 3.05) is 4.90 Å². The highest BCUT2D eigenvalue weighted by Crippen LogP contribution is 2.60. The van der Waals surface area contributed by atoms with E-state index in [2.05, 4.69) is 225 Å². The Morgan fingerprint density at radius 1 is 0.500 bits per heavy atom. The molecule has 2 aliphatic rings. The van der Waals surface area contributed by atoms with Gasteiger partial charge >= 0.3 is 0 Å². The number of fused-ring (bicyclic) bond motifs is 11. The molecule has 2 heteroatoms.